The van der Waals surface area contributed by atoms with Gasteiger partial charge in [-0.3, -0.25) is 0 Å². The van der Waals surface area contributed by atoms with Gasteiger partial charge in [-0.05, 0) is 37.6 Å². The van der Waals surface area contributed by atoms with E-state index in [2.05, 4.69) is 19.2 Å². The fourth-order valence-corrected chi connectivity index (χ4v) is 3.12. The van der Waals surface area contributed by atoms with E-state index in [1.807, 2.05) is 0 Å². The van der Waals surface area contributed by atoms with E-state index < -0.39 is 0 Å². The van der Waals surface area contributed by atoms with Crippen molar-refractivity contribution < 1.29 is 0 Å². The largest absolute Gasteiger partial charge is 0.313 e. The maximum Gasteiger partial charge on any atom is 0.0266 e. The second-order valence-electron chi connectivity index (χ2n) is 5.28. The second kappa shape index (κ2) is 8.36. The fourth-order valence-electron chi connectivity index (χ4n) is 2.75. The average Bonchev–Trinajstić information content (AvgIpc) is 2.77. The van der Waals surface area contributed by atoms with Gasteiger partial charge in [-0.15, -0.1) is 11.6 Å². The molecule has 16 heavy (non-hydrogen) atoms. The number of hydrogen-bond acceptors (Lipinski definition) is 1. The lowest BCUT2D eigenvalue weighted by atomic mass is 9.98. The van der Waals surface area contributed by atoms with Gasteiger partial charge < -0.3 is 5.32 Å². The molecule has 3 unspecified atom stereocenters. The third-order valence-corrected chi connectivity index (χ3v) is 4.47. The number of alkyl halides is 1. The molecule has 3 atom stereocenters. The zero-order valence-corrected chi connectivity index (χ0v) is 11.7. The van der Waals surface area contributed by atoms with Crippen molar-refractivity contribution in [2.45, 2.75) is 64.8 Å². The Hall–Kier alpha value is 0.250. The van der Waals surface area contributed by atoms with Crippen LogP contribution in [0.1, 0.15) is 58.8 Å². The van der Waals surface area contributed by atoms with Crippen molar-refractivity contribution in [1.82, 2.24) is 5.32 Å². The van der Waals surface area contributed by atoms with Crippen LogP contribution in [0.3, 0.4) is 0 Å². The quantitative estimate of drug-likeness (QED) is 0.632. The normalized spacial score (nSPS) is 27.2. The molecule has 1 aliphatic carbocycles. The van der Waals surface area contributed by atoms with Crippen LogP contribution < -0.4 is 5.32 Å². The highest BCUT2D eigenvalue weighted by atomic mass is 35.5. The monoisotopic (exact) mass is 245 g/mol. The van der Waals surface area contributed by atoms with E-state index in [0.29, 0.717) is 6.04 Å². The Bertz CT molecular complexity index is 172. The topological polar surface area (TPSA) is 12.0 Å². The van der Waals surface area contributed by atoms with E-state index in [1.54, 1.807) is 0 Å². The molecule has 2 heteroatoms. The van der Waals surface area contributed by atoms with Crippen LogP contribution in [0.2, 0.25) is 0 Å². The van der Waals surface area contributed by atoms with Gasteiger partial charge in [-0.1, -0.05) is 39.5 Å². The van der Waals surface area contributed by atoms with E-state index in [1.165, 1.54) is 51.5 Å². The standard InChI is InChI=1S/C14H28ClN/c1-3-5-7-12(4-2)11-16-14-9-6-8-13(14)10-15/h12-14,16H,3-11H2,1-2H3. The molecule has 0 aliphatic heterocycles. The summed E-state index contributed by atoms with van der Waals surface area (Å²) in [7, 11) is 0. The molecule has 1 fully saturated rings. The van der Waals surface area contributed by atoms with Crippen LogP contribution in [0.4, 0.5) is 0 Å². The van der Waals surface area contributed by atoms with Crippen molar-refractivity contribution in [1.29, 1.82) is 0 Å². The average molecular weight is 246 g/mol. The minimum absolute atomic E-state index is 0.702. The van der Waals surface area contributed by atoms with E-state index in [4.69, 9.17) is 11.6 Å². The summed E-state index contributed by atoms with van der Waals surface area (Å²) in [6.45, 7) is 5.80. The maximum absolute atomic E-state index is 6.00. The van der Waals surface area contributed by atoms with E-state index >= 15 is 0 Å². The zero-order valence-electron chi connectivity index (χ0n) is 11.0. The molecule has 1 rings (SSSR count). The smallest absolute Gasteiger partial charge is 0.0266 e. The summed E-state index contributed by atoms with van der Waals surface area (Å²) in [5, 5.41) is 3.76. The molecule has 0 saturated heterocycles. The molecular weight excluding hydrogens is 218 g/mol. The van der Waals surface area contributed by atoms with Gasteiger partial charge in [0.1, 0.15) is 0 Å². The summed E-state index contributed by atoms with van der Waals surface area (Å²) in [6.07, 6.45) is 9.42. The highest BCUT2D eigenvalue weighted by molar-refractivity contribution is 6.18. The van der Waals surface area contributed by atoms with Gasteiger partial charge in [0.15, 0.2) is 0 Å². The Morgan fingerprint density at radius 2 is 2.12 bits per heavy atom. The van der Waals surface area contributed by atoms with Crippen LogP contribution in [0.15, 0.2) is 0 Å². The van der Waals surface area contributed by atoms with Crippen molar-refractivity contribution in [2.24, 2.45) is 11.8 Å². The summed E-state index contributed by atoms with van der Waals surface area (Å²) < 4.78 is 0. The Morgan fingerprint density at radius 1 is 1.31 bits per heavy atom. The fraction of sp³-hybridized carbons (Fsp3) is 1.00. The number of unbranched alkanes of at least 4 members (excludes halogenated alkanes) is 1. The van der Waals surface area contributed by atoms with E-state index in [-0.39, 0.29) is 0 Å². The highest BCUT2D eigenvalue weighted by Gasteiger charge is 2.26. The van der Waals surface area contributed by atoms with Crippen LogP contribution in [0, 0.1) is 11.8 Å². The van der Waals surface area contributed by atoms with Crippen molar-refractivity contribution >= 4 is 11.6 Å². The summed E-state index contributed by atoms with van der Waals surface area (Å²) in [5.74, 6) is 2.44. The minimum Gasteiger partial charge on any atom is -0.313 e. The van der Waals surface area contributed by atoms with Gasteiger partial charge in [0.2, 0.25) is 0 Å². The summed E-state index contributed by atoms with van der Waals surface area (Å²) in [5.41, 5.74) is 0. The number of hydrogen-bond donors (Lipinski definition) is 1. The molecule has 0 radical (unpaired) electrons. The van der Waals surface area contributed by atoms with Gasteiger partial charge in [-0.2, -0.15) is 0 Å². The molecule has 96 valence electrons. The lowest BCUT2D eigenvalue weighted by Crippen LogP contribution is -2.36. The van der Waals surface area contributed by atoms with Crippen LogP contribution in [0.25, 0.3) is 0 Å². The molecule has 0 spiro atoms. The van der Waals surface area contributed by atoms with Crippen LogP contribution in [-0.4, -0.2) is 18.5 Å². The lowest BCUT2D eigenvalue weighted by Gasteiger charge is -2.22. The summed E-state index contributed by atoms with van der Waals surface area (Å²) >= 11 is 6.00. The summed E-state index contributed by atoms with van der Waals surface area (Å²) in [4.78, 5) is 0. The zero-order chi connectivity index (χ0) is 11.8. The predicted octanol–water partition coefficient (Wildman–Crippen LogP) is 4.20. The van der Waals surface area contributed by atoms with Gasteiger partial charge in [-0.25, -0.2) is 0 Å². The van der Waals surface area contributed by atoms with E-state index in [9.17, 15) is 0 Å². The van der Waals surface area contributed by atoms with Crippen molar-refractivity contribution in [3.05, 3.63) is 0 Å². The first-order chi connectivity index (χ1) is 7.81. The number of halogens is 1. The molecule has 1 N–H and O–H groups in total. The Balaban J connectivity index is 2.20. The van der Waals surface area contributed by atoms with Crippen molar-refractivity contribution in [3.63, 3.8) is 0 Å². The first-order valence-electron chi connectivity index (χ1n) is 7.11. The minimum atomic E-state index is 0.702. The molecular formula is C14H28ClN. The third kappa shape index (κ3) is 4.63. The van der Waals surface area contributed by atoms with E-state index in [0.717, 1.165) is 17.7 Å². The van der Waals surface area contributed by atoms with Gasteiger partial charge >= 0.3 is 0 Å². The molecule has 0 aromatic rings. The van der Waals surface area contributed by atoms with Crippen LogP contribution in [0.5, 0.6) is 0 Å². The SMILES string of the molecule is CCCCC(CC)CNC1CCCC1CCl. The first-order valence-corrected chi connectivity index (χ1v) is 7.64. The van der Waals surface area contributed by atoms with Crippen molar-refractivity contribution in [2.75, 3.05) is 12.4 Å². The first kappa shape index (κ1) is 14.3. The van der Waals surface area contributed by atoms with Crippen LogP contribution >= 0.6 is 11.6 Å². The molecule has 0 heterocycles. The van der Waals surface area contributed by atoms with Gasteiger partial charge in [0.05, 0.1) is 0 Å². The third-order valence-electron chi connectivity index (χ3n) is 4.07. The molecule has 1 aliphatic rings. The molecule has 0 aromatic heterocycles. The molecule has 1 saturated carbocycles. The molecule has 0 amide bonds. The Kier molecular flexibility index (Phi) is 7.47. The maximum atomic E-state index is 6.00. The van der Waals surface area contributed by atoms with Crippen molar-refractivity contribution in [3.8, 4) is 0 Å². The molecule has 0 aromatic carbocycles. The molecule has 0 bridgehead atoms. The Morgan fingerprint density at radius 3 is 2.75 bits per heavy atom. The number of rotatable bonds is 8. The number of nitrogens with one attached hydrogen (secondary N) is 1. The summed E-state index contributed by atoms with van der Waals surface area (Å²) in [6, 6.07) is 0.702. The Labute approximate surface area is 106 Å². The van der Waals surface area contributed by atoms with Gasteiger partial charge in [0.25, 0.3) is 0 Å². The second-order valence-corrected chi connectivity index (χ2v) is 5.59. The van der Waals surface area contributed by atoms with Gasteiger partial charge in [0, 0.05) is 11.9 Å². The predicted molar refractivity (Wildman–Crippen MR) is 73.2 cm³/mol. The highest BCUT2D eigenvalue weighted by Crippen LogP contribution is 2.27. The molecule has 1 nitrogen and oxygen atoms in total. The van der Waals surface area contributed by atoms with Crippen LogP contribution in [-0.2, 0) is 0 Å². The lowest BCUT2D eigenvalue weighted by molar-refractivity contribution is 0.358.